The van der Waals surface area contributed by atoms with Gasteiger partial charge in [-0.2, -0.15) is 5.26 Å². The molecule has 0 unspecified atom stereocenters. The Bertz CT molecular complexity index is 1390. The van der Waals surface area contributed by atoms with Crippen LogP contribution >= 0.6 is 0 Å². The van der Waals surface area contributed by atoms with E-state index in [-0.39, 0.29) is 23.6 Å². The Hall–Kier alpha value is -3.84. The van der Waals surface area contributed by atoms with Crippen molar-refractivity contribution in [1.29, 1.82) is 5.26 Å². The number of benzene rings is 1. The quantitative estimate of drug-likeness (QED) is 0.561. The molecule has 5 rings (SSSR count). The molecule has 0 saturated carbocycles. The van der Waals surface area contributed by atoms with Crippen molar-refractivity contribution in [3.63, 3.8) is 0 Å². The molecule has 0 spiro atoms. The molecule has 10 heteroatoms. The van der Waals surface area contributed by atoms with Crippen molar-refractivity contribution in [2.45, 2.75) is 32.0 Å². The summed E-state index contributed by atoms with van der Waals surface area (Å²) >= 11 is 0. The molecule has 2 aliphatic heterocycles. The fraction of sp³-hybridized carbons (Fsp3) is 0.360. The number of nitriles is 1. The van der Waals surface area contributed by atoms with Gasteiger partial charge in [0.25, 0.3) is 5.56 Å². The molecule has 1 saturated heterocycles. The van der Waals surface area contributed by atoms with Crippen molar-refractivity contribution in [1.82, 2.24) is 19.4 Å². The van der Waals surface area contributed by atoms with E-state index in [0.29, 0.717) is 30.9 Å². The van der Waals surface area contributed by atoms with Crippen LogP contribution in [-0.4, -0.2) is 51.8 Å². The van der Waals surface area contributed by atoms with Gasteiger partial charge in [-0.3, -0.25) is 9.69 Å². The van der Waals surface area contributed by atoms with Crippen LogP contribution in [0.4, 0.5) is 26.1 Å². The molecule has 1 fully saturated rings. The molecule has 0 amide bonds. The SMILES string of the molecule is CC1(C)CNc2c(C#N)cc(-c3ccnc(Nc4cc(F)cn(CCN5CC(F)C5)c4=O)n3)cc21. The molecule has 0 aliphatic carbocycles. The Balaban J connectivity index is 1.42. The molecule has 0 radical (unpaired) electrons. The van der Waals surface area contributed by atoms with Gasteiger partial charge < -0.3 is 15.2 Å². The second kappa shape index (κ2) is 8.74. The third-order valence-electron chi connectivity index (χ3n) is 6.52. The summed E-state index contributed by atoms with van der Waals surface area (Å²) < 4.78 is 28.6. The van der Waals surface area contributed by atoms with E-state index in [0.717, 1.165) is 35.6 Å². The van der Waals surface area contributed by atoms with Crippen LogP contribution in [0.1, 0.15) is 25.0 Å². The maximum Gasteiger partial charge on any atom is 0.274 e. The average molecular weight is 478 g/mol. The van der Waals surface area contributed by atoms with E-state index in [2.05, 4.69) is 40.5 Å². The zero-order chi connectivity index (χ0) is 24.7. The third kappa shape index (κ3) is 4.47. The first-order valence-electron chi connectivity index (χ1n) is 11.4. The van der Waals surface area contributed by atoms with Crippen molar-refractivity contribution >= 4 is 17.3 Å². The van der Waals surface area contributed by atoms with E-state index < -0.39 is 17.5 Å². The lowest BCUT2D eigenvalue weighted by Crippen LogP contribution is -2.49. The highest BCUT2D eigenvalue weighted by Gasteiger charge is 2.32. The predicted molar refractivity (Wildman–Crippen MR) is 129 cm³/mol. The van der Waals surface area contributed by atoms with Gasteiger partial charge in [0.1, 0.15) is 23.7 Å². The molecule has 2 aromatic heterocycles. The van der Waals surface area contributed by atoms with Crippen LogP contribution < -0.4 is 16.2 Å². The molecule has 1 aromatic carbocycles. The van der Waals surface area contributed by atoms with Gasteiger partial charge in [0.15, 0.2) is 0 Å². The van der Waals surface area contributed by atoms with E-state index in [9.17, 15) is 18.8 Å². The molecule has 0 atom stereocenters. The maximum atomic E-state index is 14.3. The van der Waals surface area contributed by atoms with E-state index in [1.54, 1.807) is 18.3 Å². The van der Waals surface area contributed by atoms with Crippen molar-refractivity contribution in [3.8, 4) is 17.3 Å². The summed E-state index contributed by atoms with van der Waals surface area (Å²) in [5, 5.41) is 15.8. The summed E-state index contributed by atoms with van der Waals surface area (Å²) in [6.45, 7) is 6.31. The Kier molecular flexibility index (Phi) is 5.73. The number of rotatable bonds is 6. The largest absolute Gasteiger partial charge is 0.383 e. The van der Waals surface area contributed by atoms with E-state index in [4.69, 9.17) is 0 Å². The molecule has 35 heavy (non-hydrogen) atoms. The number of alkyl halides is 1. The van der Waals surface area contributed by atoms with Crippen molar-refractivity contribution in [2.24, 2.45) is 0 Å². The van der Waals surface area contributed by atoms with Crippen molar-refractivity contribution in [2.75, 3.05) is 36.8 Å². The van der Waals surface area contributed by atoms with Gasteiger partial charge in [-0.1, -0.05) is 13.8 Å². The van der Waals surface area contributed by atoms with Crippen LogP contribution in [0.15, 0.2) is 41.5 Å². The highest BCUT2D eigenvalue weighted by atomic mass is 19.1. The Morgan fingerprint density at radius 2 is 2.09 bits per heavy atom. The number of halogens is 2. The lowest BCUT2D eigenvalue weighted by Gasteiger charge is -2.34. The fourth-order valence-corrected chi connectivity index (χ4v) is 4.50. The fourth-order valence-electron chi connectivity index (χ4n) is 4.50. The number of hydrogen-bond acceptors (Lipinski definition) is 7. The van der Waals surface area contributed by atoms with Gasteiger partial charge in [-0.05, 0) is 23.8 Å². The highest BCUT2D eigenvalue weighted by Crippen LogP contribution is 2.40. The van der Waals surface area contributed by atoms with Crippen LogP contribution in [0.3, 0.4) is 0 Å². The van der Waals surface area contributed by atoms with Crippen molar-refractivity contribution < 1.29 is 8.78 Å². The Morgan fingerprint density at radius 1 is 1.29 bits per heavy atom. The molecule has 3 aromatic rings. The molecule has 0 bridgehead atoms. The number of fused-ring (bicyclic) bond motifs is 1. The topological polar surface area (TPSA) is 98.9 Å². The number of nitrogens with one attached hydrogen (secondary N) is 2. The average Bonchev–Trinajstić information content (AvgIpc) is 3.12. The standard InChI is InChI=1S/C25H25F2N7O/c1-25(2)14-30-22-16(10-28)7-15(8-19(22)25)20-3-4-29-24(31-20)32-21-9-17(26)13-34(23(21)35)6-5-33-11-18(27)12-33/h3-4,7-9,13,18,30H,5-6,11-12,14H2,1-2H3,(H,29,31,32). The zero-order valence-electron chi connectivity index (χ0n) is 19.5. The number of aromatic nitrogens is 3. The molecule has 180 valence electrons. The maximum absolute atomic E-state index is 14.3. The lowest BCUT2D eigenvalue weighted by atomic mass is 9.85. The highest BCUT2D eigenvalue weighted by molar-refractivity contribution is 5.76. The molecular weight excluding hydrogens is 452 g/mol. The van der Waals surface area contributed by atoms with Crippen molar-refractivity contribution in [3.05, 3.63) is 64.0 Å². The van der Waals surface area contributed by atoms with E-state index >= 15 is 0 Å². The van der Waals surface area contributed by atoms with Gasteiger partial charge >= 0.3 is 0 Å². The van der Waals surface area contributed by atoms with Crippen LogP contribution in [0, 0.1) is 17.1 Å². The predicted octanol–water partition coefficient (Wildman–Crippen LogP) is 3.42. The van der Waals surface area contributed by atoms with Crippen LogP contribution in [0.5, 0.6) is 0 Å². The molecular formula is C25H25F2N7O. The minimum atomic E-state index is -0.835. The first kappa shape index (κ1) is 22.9. The first-order chi connectivity index (χ1) is 16.7. The van der Waals surface area contributed by atoms with Gasteiger partial charge in [0.2, 0.25) is 5.95 Å². The number of likely N-dealkylation sites (tertiary alicyclic amines) is 1. The number of nitrogens with zero attached hydrogens (tertiary/aromatic N) is 5. The number of hydrogen-bond donors (Lipinski definition) is 2. The molecule has 2 aliphatic rings. The lowest BCUT2D eigenvalue weighted by molar-refractivity contribution is 0.0625. The summed E-state index contributed by atoms with van der Waals surface area (Å²) in [4.78, 5) is 23.5. The second-order valence-corrected chi connectivity index (χ2v) is 9.61. The summed E-state index contributed by atoms with van der Waals surface area (Å²) in [7, 11) is 0. The third-order valence-corrected chi connectivity index (χ3v) is 6.52. The minimum absolute atomic E-state index is 0.00567. The van der Waals surface area contributed by atoms with E-state index in [1.807, 2.05) is 11.0 Å². The number of anilines is 3. The summed E-state index contributed by atoms with van der Waals surface area (Å²) in [5.74, 6) is -0.446. The Morgan fingerprint density at radius 3 is 2.83 bits per heavy atom. The molecule has 8 nitrogen and oxygen atoms in total. The normalized spacial score (nSPS) is 16.8. The molecule has 4 heterocycles. The summed E-state index contributed by atoms with van der Waals surface area (Å²) in [6.07, 6.45) is 1.85. The zero-order valence-corrected chi connectivity index (χ0v) is 19.5. The van der Waals surface area contributed by atoms with Gasteiger partial charge in [-0.15, -0.1) is 0 Å². The van der Waals surface area contributed by atoms with Crippen LogP contribution in [0.25, 0.3) is 11.3 Å². The van der Waals surface area contributed by atoms with Crippen LogP contribution in [0.2, 0.25) is 0 Å². The van der Waals surface area contributed by atoms with Gasteiger partial charge in [0.05, 0.1) is 16.9 Å². The summed E-state index contributed by atoms with van der Waals surface area (Å²) in [6, 6.07) is 8.85. The monoisotopic (exact) mass is 477 g/mol. The number of pyridine rings is 1. The second-order valence-electron chi connectivity index (χ2n) is 9.61. The smallest absolute Gasteiger partial charge is 0.274 e. The minimum Gasteiger partial charge on any atom is -0.383 e. The molecule has 2 N–H and O–H groups in total. The summed E-state index contributed by atoms with van der Waals surface area (Å²) in [5.41, 5.74) is 3.17. The van der Waals surface area contributed by atoms with Crippen LogP contribution in [-0.2, 0) is 12.0 Å². The van der Waals surface area contributed by atoms with Gasteiger partial charge in [0, 0.05) is 62.2 Å². The van der Waals surface area contributed by atoms with E-state index in [1.165, 1.54) is 4.57 Å². The van der Waals surface area contributed by atoms with Gasteiger partial charge in [-0.25, -0.2) is 18.7 Å². The Labute approximate surface area is 201 Å². The first-order valence-corrected chi connectivity index (χ1v) is 11.4.